The van der Waals surface area contributed by atoms with E-state index in [2.05, 4.69) is 6.58 Å². The fourth-order valence-electron chi connectivity index (χ4n) is 2.92. The van der Waals surface area contributed by atoms with E-state index in [0.29, 0.717) is 18.4 Å². The fourth-order valence-corrected chi connectivity index (χ4v) is 2.92. The van der Waals surface area contributed by atoms with Gasteiger partial charge < -0.3 is 14.9 Å². The molecule has 0 radical (unpaired) electrons. The summed E-state index contributed by atoms with van der Waals surface area (Å²) in [6.45, 7) is 5.62. The van der Waals surface area contributed by atoms with Crippen LogP contribution in [-0.2, 0) is 10.3 Å². The molecule has 1 saturated carbocycles. The third-order valence-electron chi connectivity index (χ3n) is 3.71. The molecule has 0 spiro atoms. The molecule has 3 heteroatoms. The molecule has 0 amide bonds. The molecule has 1 aromatic rings. The number of aliphatic hydroxyl groups is 2. The Morgan fingerprint density at radius 2 is 1.94 bits per heavy atom. The summed E-state index contributed by atoms with van der Waals surface area (Å²) in [4.78, 5) is 0. The van der Waals surface area contributed by atoms with Crippen molar-refractivity contribution in [2.24, 2.45) is 0 Å². The molecule has 0 bridgehead atoms. The van der Waals surface area contributed by atoms with Gasteiger partial charge in [0.25, 0.3) is 0 Å². The number of hydrogen-bond acceptors (Lipinski definition) is 3. The summed E-state index contributed by atoms with van der Waals surface area (Å²) in [6, 6.07) is 9.52. The average molecular weight is 248 g/mol. The molecule has 0 heterocycles. The molecule has 1 aromatic carbocycles. The van der Waals surface area contributed by atoms with Crippen LogP contribution < -0.4 is 0 Å². The Morgan fingerprint density at radius 1 is 1.33 bits per heavy atom. The maximum atomic E-state index is 10.4. The second-order valence-corrected chi connectivity index (χ2v) is 5.37. The first-order valence-corrected chi connectivity index (χ1v) is 6.10. The highest BCUT2D eigenvalue weighted by atomic mass is 16.5. The lowest BCUT2D eigenvalue weighted by Gasteiger charge is -2.47. The zero-order valence-electron chi connectivity index (χ0n) is 10.9. The van der Waals surface area contributed by atoms with E-state index in [4.69, 9.17) is 4.74 Å². The van der Waals surface area contributed by atoms with Gasteiger partial charge in [0.2, 0.25) is 0 Å². The monoisotopic (exact) mass is 248 g/mol. The maximum absolute atomic E-state index is 10.4. The lowest BCUT2D eigenvalue weighted by Crippen LogP contribution is -2.53. The number of aliphatic hydroxyl groups excluding tert-OH is 1. The van der Waals surface area contributed by atoms with Crippen LogP contribution in [-0.4, -0.2) is 29.0 Å². The van der Waals surface area contributed by atoms with Crippen molar-refractivity contribution in [1.29, 1.82) is 0 Å². The number of benzene rings is 1. The van der Waals surface area contributed by atoms with Crippen molar-refractivity contribution in [1.82, 2.24) is 0 Å². The van der Waals surface area contributed by atoms with Gasteiger partial charge in [-0.25, -0.2) is 0 Å². The van der Waals surface area contributed by atoms with Crippen LogP contribution in [0.3, 0.4) is 0 Å². The Labute approximate surface area is 108 Å². The van der Waals surface area contributed by atoms with E-state index >= 15 is 0 Å². The maximum Gasteiger partial charge on any atom is 0.125 e. The summed E-state index contributed by atoms with van der Waals surface area (Å²) < 4.78 is 5.61. The van der Waals surface area contributed by atoms with Gasteiger partial charge in [-0.3, -0.25) is 0 Å². The summed E-state index contributed by atoms with van der Waals surface area (Å²) >= 11 is 0. The zero-order chi connectivity index (χ0) is 13.4. The minimum atomic E-state index is -0.917. The minimum absolute atomic E-state index is 0.348. The number of methoxy groups -OCH3 is 1. The summed E-state index contributed by atoms with van der Waals surface area (Å²) in [7, 11) is 1.56. The Hall–Kier alpha value is -1.16. The Kier molecular flexibility index (Phi) is 3.32. The van der Waals surface area contributed by atoms with Crippen molar-refractivity contribution >= 4 is 0 Å². The summed E-state index contributed by atoms with van der Waals surface area (Å²) in [5.74, 6) is 0. The predicted molar refractivity (Wildman–Crippen MR) is 70.1 cm³/mol. The molecule has 2 N–H and O–H groups in total. The standard InChI is InChI=1S/C15H20O3/c1-11-9-14(2,17)10-15(18-3,13(11)16)12-7-5-4-6-8-12/h4-8,13,16-17H,1,9-10H2,2-3H3/t13-,14+,15-/m0/s1. The highest BCUT2D eigenvalue weighted by molar-refractivity contribution is 5.32. The molecular weight excluding hydrogens is 228 g/mol. The van der Waals surface area contributed by atoms with Crippen LogP contribution in [0, 0.1) is 0 Å². The van der Waals surface area contributed by atoms with Gasteiger partial charge in [0.05, 0.1) is 5.60 Å². The van der Waals surface area contributed by atoms with E-state index in [1.54, 1.807) is 14.0 Å². The number of ether oxygens (including phenoxy) is 1. The fraction of sp³-hybridized carbons (Fsp3) is 0.467. The molecule has 1 aliphatic rings. The molecule has 3 atom stereocenters. The Morgan fingerprint density at radius 3 is 2.50 bits per heavy atom. The van der Waals surface area contributed by atoms with Gasteiger partial charge in [0.15, 0.2) is 0 Å². The summed E-state index contributed by atoms with van der Waals surface area (Å²) in [5, 5.41) is 20.8. The van der Waals surface area contributed by atoms with Crippen molar-refractivity contribution in [3.05, 3.63) is 48.0 Å². The third-order valence-corrected chi connectivity index (χ3v) is 3.71. The minimum Gasteiger partial charge on any atom is -0.390 e. The average Bonchev–Trinajstić information content (AvgIpc) is 2.34. The highest BCUT2D eigenvalue weighted by Gasteiger charge is 2.50. The smallest absolute Gasteiger partial charge is 0.125 e. The van der Waals surface area contributed by atoms with Crippen LogP contribution in [0.2, 0.25) is 0 Å². The molecule has 3 nitrogen and oxygen atoms in total. The van der Waals surface area contributed by atoms with Gasteiger partial charge in [0.1, 0.15) is 11.7 Å². The van der Waals surface area contributed by atoms with Gasteiger partial charge in [-0.2, -0.15) is 0 Å². The normalized spacial score (nSPS) is 36.7. The highest BCUT2D eigenvalue weighted by Crippen LogP contribution is 2.46. The van der Waals surface area contributed by atoms with Gasteiger partial charge in [-0.15, -0.1) is 0 Å². The van der Waals surface area contributed by atoms with Crippen LogP contribution >= 0.6 is 0 Å². The van der Waals surface area contributed by atoms with Crippen LogP contribution in [0.4, 0.5) is 0 Å². The molecule has 1 fully saturated rings. The molecule has 0 unspecified atom stereocenters. The molecular formula is C15H20O3. The molecule has 0 aromatic heterocycles. The van der Waals surface area contributed by atoms with E-state index in [0.717, 1.165) is 5.56 Å². The summed E-state index contributed by atoms with van der Waals surface area (Å²) in [5.41, 5.74) is -0.361. The van der Waals surface area contributed by atoms with Crippen molar-refractivity contribution in [2.75, 3.05) is 7.11 Å². The van der Waals surface area contributed by atoms with Gasteiger partial charge in [-0.1, -0.05) is 36.9 Å². The van der Waals surface area contributed by atoms with Crippen molar-refractivity contribution in [3.8, 4) is 0 Å². The van der Waals surface area contributed by atoms with Gasteiger partial charge in [0, 0.05) is 13.5 Å². The SMILES string of the molecule is C=C1C[C@@](C)(O)C[C@](OC)(c2ccccc2)[C@H]1O. The number of rotatable bonds is 2. The van der Waals surface area contributed by atoms with Crippen LogP contribution in [0.1, 0.15) is 25.3 Å². The molecule has 1 aliphatic carbocycles. The van der Waals surface area contributed by atoms with E-state index in [-0.39, 0.29) is 0 Å². The van der Waals surface area contributed by atoms with Crippen LogP contribution in [0.5, 0.6) is 0 Å². The second kappa shape index (κ2) is 4.50. The molecule has 98 valence electrons. The van der Waals surface area contributed by atoms with E-state index < -0.39 is 17.3 Å². The first-order valence-electron chi connectivity index (χ1n) is 6.10. The van der Waals surface area contributed by atoms with Gasteiger partial charge in [-0.05, 0) is 24.5 Å². The van der Waals surface area contributed by atoms with Gasteiger partial charge >= 0.3 is 0 Å². The first-order chi connectivity index (χ1) is 8.41. The van der Waals surface area contributed by atoms with Crippen molar-refractivity contribution in [2.45, 2.75) is 37.1 Å². The van der Waals surface area contributed by atoms with Crippen LogP contribution in [0.25, 0.3) is 0 Å². The number of hydrogen-bond donors (Lipinski definition) is 2. The Balaban J connectivity index is 2.50. The predicted octanol–water partition coefficient (Wildman–Crippen LogP) is 1.99. The molecule has 0 saturated heterocycles. The molecule has 18 heavy (non-hydrogen) atoms. The lowest BCUT2D eigenvalue weighted by atomic mass is 9.69. The molecule has 2 rings (SSSR count). The molecule has 0 aliphatic heterocycles. The van der Waals surface area contributed by atoms with E-state index in [9.17, 15) is 10.2 Å². The van der Waals surface area contributed by atoms with E-state index in [1.807, 2.05) is 30.3 Å². The lowest BCUT2D eigenvalue weighted by molar-refractivity contribution is -0.157. The zero-order valence-corrected chi connectivity index (χ0v) is 10.9. The topological polar surface area (TPSA) is 49.7 Å². The Bertz CT molecular complexity index is 438. The quantitative estimate of drug-likeness (QED) is 0.787. The van der Waals surface area contributed by atoms with E-state index in [1.165, 1.54) is 0 Å². The second-order valence-electron chi connectivity index (χ2n) is 5.37. The van der Waals surface area contributed by atoms with Crippen molar-refractivity contribution in [3.63, 3.8) is 0 Å². The third kappa shape index (κ3) is 2.09. The van der Waals surface area contributed by atoms with Crippen molar-refractivity contribution < 1.29 is 14.9 Å². The summed E-state index contributed by atoms with van der Waals surface area (Å²) in [6.07, 6.45) is -0.0579. The first kappa shape index (κ1) is 13.3. The largest absolute Gasteiger partial charge is 0.390 e. The van der Waals surface area contributed by atoms with Crippen LogP contribution in [0.15, 0.2) is 42.5 Å².